The number of fused-ring (bicyclic) bond motifs is 3. The molecule has 0 saturated heterocycles. The Kier molecular flexibility index (Phi) is 4.16. The molecule has 0 unspecified atom stereocenters. The lowest BCUT2D eigenvalue weighted by molar-refractivity contribution is 0.656. The molecule has 0 atom stereocenters. The van der Waals surface area contributed by atoms with E-state index in [2.05, 4.69) is 4.98 Å². The van der Waals surface area contributed by atoms with Crippen molar-refractivity contribution < 1.29 is 0 Å². The summed E-state index contributed by atoms with van der Waals surface area (Å²) in [6.07, 6.45) is 1.85. The Morgan fingerprint density at radius 1 is 1.11 bits per heavy atom. The predicted octanol–water partition coefficient (Wildman–Crippen LogP) is 2.83. The van der Waals surface area contributed by atoms with E-state index in [0.29, 0.717) is 39.1 Å². The van der Waals surface area contributed by atoms with E-state index in [-0.39, 0.29) is 6.54 Å². The van der Waals surface area contributed by atoms with Crippen LogP contribution in [0.1, 0.15) is 18.2 Å². The van der Waals surface area contributed by atoms with Gasteiger partial charge in [0.1, 0.15) is 0 Å². The van der Waals surface area contributed by atoms with E-state index in [1.165, 1.54) is 4.57 Å². The fourth-order valence-corrected chi connectivity index (χ4v) is 3.94. The van der Waals surface area contributed by atoms with Crippen molar-refractivity contribution in [3.05, 3.63) is 66.5 Å². The third-order valence-electron chi connectivity index (χ3n) is 4.83. The number of hydrogen-bond donors (Lipinski definition) is 0. The lowest BCUT2D eigenvalue weighted by Crippen LogP contribution is -2.39. The Balaban J connectivity index is 2.06. The summed E-state index contributed by atoms with van der Waals surface area (Å²) >= 11 is 12.5. The molecule has 0 radical (unpaired) electrons. The van der Waals surface area contributed by atoms with E-state index in [1.807, 2.05) is 24.6 Å². The van der Waals surface area contributed by atoms with Crippen LogP contribution in [0.2, 0.25) is 10.0 Å². The molecular formula is C18H17Cl2N5O2. The van der Waals surface area contributed by atoms with Crippen LogP contribution in [-0.4, -0.2) is 23.1 Å². The molecule has 140 valence electrons. The topological polar surface area (TPSA) is 66.2 Å². The van der Waals surface area contributed by atoms with Gasteiger partial charge in [0.05, 0.1) is 6.54 Å². The van der Waals surface area contributed by atoms with Crippen LogP contribution >= 0.6 is 23.2 Å². The molecule has 0 aliphatic rings. The Morgan fingerprint density at radius 3 is 2.41 bits per heavy atom. The predicted molar refractivity (Wildman–Crippen MR) is 106 cm³/mol. The molecule has 1 aromatic carbocycles. The van der Waals surface area contributed by atoms with Gasteiger partial charge in [0.2, 0.25) is 5.78 Å². The summed E-state index contributed by atoms with van der Waals surface area (Å²) in [5.74, 6) is 0.630. The summed E-state index contributed by atoms with van der Waals surface area (Å²) in [5, 5.41) is 0.811. The number of hydrogen-bond acceptors (Lipinski definition) is 3. The first kappa shape index (κ1) is 17.9. The molecule has 27 heavy (non-hydrogen) atoms. The third kappa shape index (κ3) is 2.53. The van der Waals surface area contributed by atoms with E-state index in [0.717, 1.165) is 10.3 Å². The minimum atomic E-state index is -0.469. The molecule has 0 aliphatic carbocycles. The monoisotopic (exact) mass is 405 g/mol. The highest BCUT2D eigenvalue weighted by atomic mass is 35.5. The van der Waals surface area contributed by atoms with Gasteiger partial charge >= 0.3 is 5.69 Å². The zero-order valence-corrected chi connectivity index (χ0v) is 16.5. The SMILES string of the molecule is CCn1c(C)cn2c3c(=O)n(Cc4c(Cl)cccc4Cl)c(=O)n(C)c3nc12. The van der Waals surface area contributed by atoms with Crippen molar-refractivity contribution in [2.45, 2.75) is 26.9 Å². The Bertz CT molecular complexity index is 1310. The molecule has 0 bridgehead atoms. The molecule has 4 rings (SSSR count). The summed E-state index contributed by atoms with van der Waals surface area (Å²) in [6.45, 7) is 4.65. The van der Waals surface area contributed by atoms with Gasteiger partial charge < -0.3 is 4.57 Å². The third-order valence-corrected chi connectivity index (χ3v) is 5.54. The summed E-state index contributed by atoms with van der Waals surface area (Å²) < 4.78 is 6.24. The highest BCUT2D eigenvalue weighted by Gasteiger charge is 2.20. The number of halogens is 2. The number of aryl methyl sites for hydroxylation is 3. The molecule has 0 saturated carbocycles. The first-order valence-corrected chi connectivity index (χ1v) is 9.21. The summed E-state index contributed by atoms with van der Waals surface area (Å²) in [7, 11) is 1.60. The summed E-state index contributed by atoms with van der Waals surface area (Å²) in [5.41, 5.74) is 1.32. The largest absolute Gasteiger partial charge is 0.332 e. The van der Waals surface area contributed by atoms with Crippen molar-refractivity contribution in [1.29, 1.82) is 0 Å². The van der Waals surface area contributed by atoms with Crippen molar-refractivity contribution in [1.82, 2.24) is 23.1 Å². The Morgan fingerprint density at radius 2 is 1.78 bits per heavy atom. The molecule has 0 aliphatic heterocycles. The average Bonchev–Trinajstić information content (AvgIpc) is 3.13. The molecule has 0 spiro atoms. The standard InChI is InChI=1S/C18H17Cl2N5O2/c1-4-23-10(2)8-24-14-15(21-17(23)24)22(3)18(27)25(16(14)26)9-11-12(19)6-5-7-13(11)20/h5-8H,4,9H2,1-3H3. The Labute approximate surface area is 164 Å². The molecule has 0 amide bonds. The van der Waals surface area contributed by atoms with E-state index in [1.54, 1.807) is 29.6 Å². The number of aromatic nitrogens is 5. The summed E-state index contributed by atoms with van der Waals surface area (Å²) in [6, 6.07) is 5.08. The second-order valence-electron chi connectivity index (χ2n) is 6.40. The van der Waals surface area contributed by atoms with Crippen molar-refractivity contribution in [2.75, 3.05) is 0 Å². The van der Waals surface area contributed by atoms with Gasteiger partial charge in [-0.25, -0.2) is 4.79 Å². The van der Waals surface area contributed by atoms with E-state index in [4.69, 9.17) is 23.2 Å². The summed E-state index contributed by atoms with van der Waals surface area (Å²) in [4.78, 5) is 30.6. The van der Waals surface area contributed by atoms with Gasteiger partial charge in [-0.3, -0.25) is 18.3 Å². The number of imidazole rings is 2. The molecule has 0 N–H and O–H groups in total. The zero-order valence-electron chi connectivity index (χ0n) is 15.0. The number of rotatable bonds is 3. The van der Waals surface area contributed by atoms with E-state index >= 15 is 0 Å². The van der Waals surface area contributed by atoms with E-state index < -0.39 is 11.2 Å². The molecule has 3 aromatic heterocycles. The molecule has 9 heteroatoms. The molecular weight excluding hydrogens is 389 g/mol. The van der Waals surface area contributed by atoms with Crippen LogP contribution in [-0.2, 0) is 20.1 Å². The van der Waals surface area contributed by atoms with Crippen LogP contribution in [0.25, 0.3) is 16.9 Å². The second kappa shape index (κ2) is 6.28. The van der Waals surface area contributed by atoms with Crippen LogP contribution in [0.3, 0.4) is 0 Å². The highest BCUT2D eigenvalue weighted by Crippen LogP contribution is 2.24. The van der Waals surface area contributed by atoms with Crippen LogP contribution in [0.4, 0.5) is 0 Å². The lowest BCUT2D eigenvalue weighted by Gasteiger charge is -2.10. The maximum Gasteiger partial charge on any atom is 0.332 e. The van der Waals surface area contributed by atoms with Crippen molar-refractivity contribution in [3.8, 4) is 0 Å². The lowest BCUT2D eigenvalue weighted by atomic mass is 10.2. The van der Waals surface area contributed by atoms with Gasteiger partial charge in [-0.2, -0.15) is 4.98 Å². The van der Waals surface area contributed by atoms with Crippen LogP contribution in [0.5, 0.6) is 0 Å². The fourth-order valence-electron chi connectivity index (χ4n) is 3.43. The maximum atomic E-state index is 13.2. The van der Waals surface area contributed by atoms with Gasteiger partial charge in [-0.05, 0) is 26.0 Å². The Hall–Kier alpha value is -2.51. The zero-order chi connectivity index (χ0) is 19.5. The van der Waals surface area contributed by atoms with Gasteiger partial charge in [-0.15, -0.1) is 0 Å². The molecule has 7 nitrogen and oxygen atoms in total. The van der Waals surface area contributed by atoms with Crippen LogP contribution in [0, 0.1) is 6.92 Å². The van der Waals surface area contributed by atoms with Crippen LogP contribution in [0.15, 0.2) is 34.0 Å². The van der Waals surface area contributed by atoms with Crippen molar-refractivity contribution in [3.63, 3.8) is 0 Å². The smallest absolute Gasteiger partial charge is 0.314 e. The normalized spacial score (nSPS) is 11.7. The molecule has 3 heterocycles. The van der Waals surface area contributed by atoms with Crippen molar-refractivity contribution in [2.24, 2.45) is 7.05 Å². The van der Waals surface area contributed by atoms with Gasteiger partial charge in [0, 0.05) is 41.1 Å². The van der Waals surface area contributed by atoms with Gasteiger partial charge in [0.25, 0.3) is 5.56 Å². The van der Waals surface area contributed by atoms with Gasteiger partial charge in [-0.1, -0.05) is 29.3 Å². The van der Waals surface area contributed by atoms with Crippen LogP contribution < -0.4 is 11.2 Å². The fraction of sp³-hybridized carbons (Fsp3) is 0.278. The average molecular weight is 406 g/mol. The van der Waals surface area contributed by atoms with E-state index in [9.17, 15) is 9.59 Å². The second-order valence-corrected chi connectivity index (χ2v) is 7.22. The molecule has 4 aromatic rings. The quantitative estimate of drug-likeness (QED) is 0.526. The molecule has 0 fully saturated rings. The number of benzene rings is 1. The first-order valence-electron chi connectivity index (χ1n) is 8.45. The van der Waals surface area contributed by atoms with Crippen molar-refractivity contribution >= 4 is 40.1 Å². The minimum absolute atomic E-state index is 0.0132. The first-order chi connectivity index (χ1) is 12.8. The minimum Gasteiger partial charge on any atom is -0.314 e. The van der Waals surface area contributed by atoms with Gasteiger partial charge in [0.15, 0.2) is 11.2 Å². The highest BCUT2D eigenvalue weighted by molar-refractivity contribution is 6.35. The number of nitrogens with zero attached hydrogens (tertiary/aromatic N) is 5. The maximum absolute atomic E-state index is 13.2.